The van der Waals surface area contributed by atoms with Crippen LogP contribution in [-0.4, -0.2) is 17.5 Å². The van der Waals surface area contributed by atoms with Gasteiger partial charge in [-0.2, -0.15) is 0 Å². The van der Waals surface area contributed by atoms with Gasteiger partial charge in [-0.1, -0.05) is 0 Å². The Morgan fingerprint density at radius 1 is 1.06 bits per heavy atom. The van der Waals surface area contributed by atoms with E-state index in [0.29, 0.717) is 28.0 Å². The highest BCUT2D eigenvalue weighted by atomic mass is 19.1. The van der Waals surface area contributed by atoms with E-state index in [-0.39, 0.29) is 35.0 Å². The van der Waals surface area contributed by atoms with Gasteiger partial charge in [-0.3, -0.25) is 10.1 Å². The van der Waals surface area contributed by atoms with Crippen LogP contribution in [0.4, 0.5) is 4.39 Å². The number of esters is 1. The Labute approximate surface area is 187 Å². The number of ether oxygens (including phenoxy) is 2. The summed E-state index contributed by atoms with van der Waals surface area (Å²) < 4.78 is 29.9. The Hall–Kier alpha value is -4.46. The normalized spacial score (nSPS) is 10.7. The van der Waals surface area contributed by atoms with Crippen molar-refractivity contribution in [2.45, 2.75) is 6.92 Å². The van der Waals surface area contributed by atoms with Gasteiger partial charge in [0.25, 0.3) is 5.70 Å². The second-order valence-corrected chi connectivity index (χ2v) is 7.02. The van der Waals surface area contributed by atoms with Crippen LogP contribution in [0.1, 0.15) is 22.8 Å². The standard InChI is InChI=1S/C25H18FNO6/c1-3-31-25(28)23-21-13-6-17(15(2)27(29)30)14-22(21)33-24(23)16-4-9-19(10-5-16)32-20-11-7-18(26)8-12-20/h4-14H,2-3H2,1H3. The first-order valence-electron chi connectivity index (χ1n) is 9.98. The van der Waals surface area contributed by atoms with Crippen LogP contribution in [0.25, 0.3) is 28.0 Å². The number of furan rings is 1. The van der Waals surface area contributed by atoms with Gasteiger partial charge in [0, 0.05) is 10.9 Å². The lowest BCUT2D eigenvalue weighted by Gasteiger charge is -2.07. The van der Waals surface area contributed by atoms with E-state index in [1.54, 1.807) is 37.3 Å². The fraction of sp³-hybridized carbons (Fsp3) is 0.0800. The van der Waals surface area contributed by atoms with Crippen LogP contribution >= 0.6 is 0 Å². The molecule has 166 valence electrons. The van der Waals surface area contributed by atoms with E-state index < -0.39 is 10.9 Å². The molecule has 0 aliphatic rings. The molecule has 3 aromatic carbocycles. The molecule has 0 atom stereocenters. The number of rotatable bonds is 7. The van der Waals surface area contributed by atoms with Gasteiger partial charge in [0.05, 0.1) is 17.1 Å². The van der Waals surface area contributed by atoms with Gasteiger partial charge in [0.15, 0.2) is 0 Å². The summed E-state index contributed by atoms with van der Waals surface area (Å²) in [6, 6.07) is 16.9. The molecule has 0 N–H and O–H groups in total. The molecule has 0 saturated carbocycles. The minimum atomic E-state index is -0.586. The summed E-state index contributed by atoms with van der Waals surface area (Å²) in [5, 5.41) is 11.5. The summed E-state index contributed by atoms with van der Waals surface area (Å²) in [5.41, 5.74) is 1.08. The molecule has 0 saturated heterocycles. The molecule has 0 fully saturated rings. The lowest BCUT2D eigenvalue weighted by molar-refractivity contribution is -0.375. The Kier molecular flexibility index (Phi) is 5.91. The van der Waals surface area contributed by atoms with Crippen molar-refractivity contribution in [3.8, 4) is 22.8 Å². The number of nitro groups is 1. The molecule has 1 heterocycles. The van der Waals surface area contributed by atoms with Crippen LogP contribution in [0.2, 0.25) is 0 Å². The zero-order chi connectivity index (χ0) is 23.5. The van der Waals surface area contributed by atoms with E-state index in [0.717, 1.165) is 0 Å². The smallest absolute Gasteiger partial charge is 0.342 e. The van der Waals surface area contributed by atoms with Gasteiger partial charge in [0.2, 0.25) is 0 Å². The first-order chi connectivity index (χ1) is 15.9. The number of benzene rings is 3. The Bertz CT molecular complexity index is 1360. The molecule has 0 aliphatic carbocycles. The number of nitrogens with zero attached hydrogens (tertiary/aromatic N) is 1. The molecule has 33 heavy (non-hydrogen) atoms. The zero-order valence-corrected chi connectivity index (χ0v) is 17.5. The molecule has 0 bridgehead atoms. The van der Waals surface area contributed by atoms with Crippen LogP contribution in [0, 0.1) is 15.9 Å². The molecule has 4 rings (SSSR count). The Balaban J connectivity index is 1.74. The second-order valence-electron chi connectivity index (χ2n) is 7.02. The zero-order valence-electron chi connectivity index (χ0n) is 17.5. The minimum absolute atomic E-state index is 0.172. The number of fused-ring (bicyclic) bond motifs is 1. The van der Waals surface area contributed by atoms with E-state index >= 15 is 0 Å². The SMILES string of the molecule is C=C(c1ccc2c(C(=O)OCC)c(-c3ccc(Oc4ccc(F)cc4)cc3)oc2c1)[N+](=O)[O-]. The first-order valence-corrected chi connectivity index (χ1v) is 9.98. The minimum Gasteiger partial charge on any atom is -0.462 e. The molecule has 4 aromatic rings. The molecule has 0 spiro atoms. The van der Waals surface area contributed by atoms with E-state index in [4.69, 9.17) is 13.9 Å². The maximum atomic E-state index is 13.1. The van der Waals surface area contributed by atoms with E-state index in [9.17, 15) is 19.3 Å². The molecule has 7 nitrogen and oxygen atoms in total. The highest BCUT2D eigenvalue weighted by Gasteiger charge is 2.24. The van der Waals surface area contributed by atoms with E-state index in [2.05, 4.69) is 6.58 Å². The van der Waals surface area contributed by atoms with Gasteiger partial charge >= 0.3 is 5.97 Å². The molecule has 8 heteroatoms. The van der Waals surface area contributed by atoms with Crippen molar-refractivity contribution >= 4 is 22.6 Å². The maximum Gasteiger partial charge on any atom is 0.342 e. The summed E-state index contributed by atoms with van der Waals surface area (Å²) in [6.45, 7) is 5.33. The summed E-state index contributed by atoms with van der Waals surface area (Å²) in [4.78, 5) is 23.2. The second kappa shape index (κ2) is 8.96. The number of carbonyl (C=O) groups excluding carboxylic acids is 1. The van der Waals surface area contributed by atoms with E-state index in [1.165, 1.54) is 36.4 Å². The maximum absolute atomic E-state index is 13.1. The largest absolute Gasteiger partial charge is 0.462 e. The van der Waals surface area contributed by atoms with Crippen molar-refractivity contribution in [2.75, 3.05) is 6.61 Å². The van der Waals surface area contributed by atoms with Gasteiger partial charge in [-0.25, -0.2) is 9.18 Å². The molecule has 1 aromatic heterocycles. The average molecular weight is 447 g/mol. The van der Waals surface area contributed by atoms with Crippen LogP contribution in [-0.2, 0) is 4.74 Å². The third-order valence-corrected chi connectivity index (χ3v) is 4.89. The van der Waals surface area contributed by atoms with Crippen LogP contribution in [0.3, 0.4) is 0 Å². The van der Waals surface area contributed by atoms with Gasteiger partial charge in [0.1, 0.15) is 34.2 Å². The molecule has 0 unspecified atom stereocenters. The van der Waals surface area contributed by atoms with Crippen molar-refractivity contribution in [3.63, 3.8) is 0 Å². The fourth-order valence-corrected chi connectivity index (χ4v) is 3.30. The van der Waals surface area contributed by atoms with Crippen molar-refractivity contribution in [2.24, 2.45) is 0 Å². The Morgan fingerprint density at radius 2 is 1.70 bits per heavy atom. The Morgan fingerprint density at radius 3 is 2.30 bits per heavy atom. The fourth-order valence-electron chi connectivity index (χ4n) is 3.30. The van der Waals surface area contributed by atoms with Crippen molar-refractivity contribution < 1.29 is 28.0 Å². The summed E-state index contributed by atoms with van der Waals surface area (Å²) in [7, 11) is 0. The van der Waals surface area contributed by atoms with Crippen molar-refractivity contribution in [1.29, 1.82) is 0 Å². The number of hydrogen-bond acceptors (Lipinski definition) is 6. The lowest BCUT2D eigenvalue weighted by Crippen LogP contribution is -2.05. The molecule has 0 amide bonds. The number of hydrogen-bond donors (Lipinski definition) is 0. The van der Waals surface area contributed by atoms with Gasteiger partial charge in [-0.15, -0.1) is 0 Å². The number of halogens is 1. The highest BCUT2D eigenvalue weighted by molar-refractivity contribution is 6.09. The molecular formula is C25H18FNO6. The topological polar surface area (TPSA) is 91.8 Å². The van der Waals surface area contributed by atoms with E-state index in [1.807, 2.05) is 0 Å². The number of carbonyl (C=O) groups is 1. The average Bonchev–Trinajstić information content (AvgIpc) is 3.19. The molecule has 0 aliphatic heterocycles. The molecular weight excluding hydrogens is 429 g/mol. The highest BCUT2D eigenvalue weighted by Crippen LogP contribution is 2.36. The first kappa shape index (κ1) is 21.8. The van der Waals surface area contributed by atoms with Gasteiger partial charge < -0.3 is 13.9 Å². The van der Waals surface area contributed by atoms with Crippen LogP contribution in [0.5, 0.6) is 11.5 Å². The quantitative estimate of drug-likeness (QED) is 0.184. The lowest BCUT2D eigenvalue weighted by atomic mass is 10.0. The third-order valence-electron chi connectivity index (χ3n) is 4.89. The van der Waals surface area contributed by atoms with Crippen LogP contribution in [0.15, 0.2) is 77.7 Å². The van der Waals surface area contributed by atoms with Crippen LogP contribution < -0.4 is 4.74 Å². The van der Waals surface area contributed by atoms with Crippen molar-refractivity contribution in [1.82, 2.24) is 0 Å². The third kappa shape index (κ3) is 4.45. The summed E-state index contributed by atoms with van der Waals surface area (Å²) >= 11 is 0. The monoisotopic (exact) mass is 447 g/mol. The molecule has 0 radical (unpaired) electrons. The predicted octanol–water partition coefficient (Wildman–Crippen LogP) is 6.46. The van der Waals surface area contributed by atoms with Crippen molar-refractivity contribution in [3.05, 3.63) is 100 Å². The summed E-state index contributed by atoms with van der Waals surface area (Å²) in [6.07, 6.45) is 0. The predicted molar refractivity (Wildman–Crippen MR) is 120 cm³/mol. The summed E-state index contributed by atoms with van der Waals surface area (Å²) in [5.74, 6) is 0.306. The van der Waals surface area contributed by atoms with Gasteiger partial charge in [-0.05, 0) is 80.2 Å².